The zero-order valence-electron chi connectivity index (χ0n) is 13.0. The van der Waals surface area contributed by atoms with Gasteiger partial charge in [0.05, 0.1) is 6.54 Å². The van der Waals surface area contributed by atoms with Crippen LogP contribution in [0.2, 0.25) is 0 Å². The van der Waals surface area contributed by atoms with Crippen molar-refractivity contribution in [1.29, 1.82) is 0 Å². The first-order valence-electron chi connectivity index (χ1n) is 6.71. The fourth-order valence-electron chi connectivity index (χ4n) is 1.94. The fraction of sp³-hybridized carbons (Fsp3) is 0.267. The van der Waals surface area contributed by atoms with Crippen LogP contribution in [0.15, 0.2) is 39.7 Å². The molecular formula is C15H17F3IN3O2. The van der Waals surface area contributed by atoms with Gasteiger partial charge in [-0.2, -0.15) is 0 Å². The third-order valence-electron chi connectivity index (χ3n) is 2.92. The van der Waals surface area contributed by atoms with Crippen LogP contribution in [0, 0.1) is 13.8 Å². The lowest BCUT2D eigenvalue weighted by Crippen LogP contribution is -2.22. The predicted octanol–water partition coefficient (Wildman–Crippen LogP) is 4.34. The second-order valence-corrected chi connectivity index (χ2v) is 4.84. The summed E-state index contributed by atoms with van der Waals surface area (Å²) in [5, 5.41) is 2.79. The predicted molar refractivity (Wildman–Crippen MR) is 95.7 cm³/mol. The van der Waals surface area contributed by atoms with Crippen molar-refractivity contribution in [3.8, 4) is 5.75 Å². The highest BCUT2D eigenvalue weighted by atomic mass is 127. The fourth-order valence-corrected chi connectivity index (χ4v) is 1.94. The maximum Gasteiger partial charge on any atom is 0.573 e. The summed E-state index contributed by atoms with van der Waals surface area (Å²) in [5.41, 5.74) is 7.17. The van der Waals surface area contributed by atoms with E-state index in [4.69, 9.17) is 10.2 Å². The van der Waals surface area contributed by atoms with E-state index in [0.29, 0.717) is 12.2 Å². The molecule has 0 saturated carbocycles. The molecule has 0 amide bonds. The van der Waals surface area contributed by atoms with Gasteiger partial charge in [0.25, 0.3) is 0 Å². The van der Waals surface area contributed by atoms with Crippen molar-refractivity contribution >= 4 is 35.6 Å². The summed E-state index contributed by atoms with van der Waals surface area (Å²) in [5.74, 6) is 1.41. The molecule has 0 aliphatic carbocycles. The zero-order valence-corrected chi connectivity index (χ0v) is 15.3. The molecule has 132 valence electrons. The Morgan fingerprint density at radius 3 is 2.38 bits per heavy atom. The van der Waals surface area contributed by atoms with Crippen molar-refractivity contribution in [3.63, 3.8) is 0 Å². The largest absolute Gasteiger partial charge is 0.573 e. The maximum absolute atomic E-state index is 12.1. The third kappa shape index (κ3) is 6.30. The second-order valence-electron chi connectivity index (χ2n) is 4.84. The number of hydrogen-bond acceptors (Lipinski definition) is 3. The number of alkyl halides is 3. The van der Waals surface area contributed by atoms with Crippen molar-refractivity contribution in [2.75, 3.05) is 5.32 Å². The maximum atomic E-state index is 12.1. The number of aryl methyl sites for hydroxylation is 2. The van der Waals surface area contributed by atoms with Crippen LogP contribution in [0.3, 0.4) is 0 Å². The molecule has 9 heteroatoms. The van der Waals surface area contributed by atoms with Gasteiger partial charge in [-0.1, -0.05) is 0 Å². The average Bonchev–Trinajstić information content (AvgIpc) is 2.75. The van der Waals surface area contributed by atoms with Crippen molar-refractivity contribution in [1.82, 2.24) is 0 Å². The Labute approximate surface area is 154 Å². The molecule has 24 heavy (non-hydrogen) atoms. The highest BCUT2D eigenvalue weighted by molar-refractivity contribution is 14.0. The summed E-state index contributed by atoms with van der Waals surface area (Å²) in [7, 11) is 0. The molecule has 0 saturated heterocycles. The van der Waals surface area contributed by atoms with E-state index >= 15 is 0 Å². The second kappa shape index (κ2) is 8.27. The lowest BCUT2D eigenvalue weighted by atomic mass is 10.2. The highest BCUT2D eigenvalue weighted by Crippen LogP contribution is 2.23. The summed E-state index contributed by atoms with van der Waals surface area (Å²) in [4.78, 5) is 4.16. The Morgan fingerprint density at radius 1 is 1.25 bits per heavy atom. The Hall–Kier alpha value is -1.91. The van der Waals surface area contributed by atoms with Crippen molar-refractivity contribution in [3.05, 3.63) is 47.4 Å². The minimum atomic E-state index is -4.71. The molecular weight excluding hydrogens is 438 g/mol. The number of nitrogens with zero attached hydrogens (tertiary/aromatic N) is 1. The van der Waals surface area contributed by atoms with E-state index in [1.165, 1.54) is 24.3 Å². The first-order valence-corrected chi connectivity index (χ1v) is 6.71. The molecule has 0 atom stereocenters. The normalized spacial score (nSPS) is 11.8. The number of rotatable bonds is 4. The van der Waals surface area contributed by atoms with E-state index < -0.39 is 6.36 Å². The van der Waals surface area contributed by atoms with E-state index in [0.717, 1.165) is 17.1 Å². The molecule has 1 heterocycles. The van der Waals surface area contributed by atoms with Crippen LogP contribution >= 0.6 is 24.0 Å². The molecule has 1 aromatic carbocycles. The van der Waals surface area contributed by atoms with Gasteiger partial charge in [0, 0.05) is 11.3 Å². The Bertz CT molecular complexity index is 697. The molecule has 0 unspecified atom stereocenters. The number of nitrogens with one attached hydrogen (secondary N) is 1. The highest BCUT2D eigenvalue weighted by Gasteiger charge is 2.30. The lowest BCUT2D eigenvalue weighted by molar-refractivity contribution is -0.274. The Kier molecular flexibility index (Phi) is 6.93. The van der Waals surface area contributed by atoms with Crippen LogP contribution in [0.1, 0.15) is 17.1 Å². The molecule has 0 radical (unpaired) electrons. The molecule has 0 fully saturated rings. The number of halogens is 4. The van der Waals surface area contributed by atoms with Gasteiger partial charge in [-0.15, -0.1) is 37.1 Å². The average molecular weight is 455 g/mol. The van der Waals surface area contributed by atoms with Gasteiger partial charge in [0.1, 0.15) is 17.3 Å². The molecule has 0 bridgehead atoms. The van der Waals surface area contributed by atoms with Crippen LogP contribution in [-0.2, 0) is 6.54 Å². The van der Waals surface area contributed by atoms with Gasteiger partial charge in [-0.3, -0.25) is 0 Å². The Balaban J connectivity index is 0.00000288. The van der Waals surface area contributed by atoms with E-state index in [1.807, 2.05) is 19.9 Å². The van der Waals surface area contributed by atoms with Gasteiger partial charge < -0.3 is 20.2 Å². The van der Waals surface area contributed by atoms with Gasteiger partial charge in [0.15, 0.2) is 5.96 Å². The zero-order chi connectivity index (χ0) is 17.0. The molecule has 1 aromatic heterocycles. The number of ether oxygens (including phenoxy) is 1. The van der Waals surface area contributed by atoms with Gasteiger partial charge >= 0.3 is 6.36 Å². The summed E-state index contributed by atoms with van der Waals surface area (Å²) >= 11 is 0. The van der Waals surface area contributed by atoms with E-state index in [-0.39, 0.29) is 35.7 Å². The summed E-state index contributed by atoms with van der Waals surface area (Å²) in [6, 6.07) is 7.07. The Morgan fingerprint density at radius 2 is 1.88 bits per heavy atom. The van der Waals surface area contributed by atoms with Crippen LogP contribution in [0.5, 0.6) is 5.75 Å². The molecule has 5 nitrogen and oxygen atoms in total. The molecule has 3 N–H and O–H groups in total. The molecule has 0 aliphatic rings. The number of nitrogens with two attached hydrogens (primary N) is 1. The smallest absolute Gasteiger partial charge is 0.466 e. The molecule has 0 spiro atoms. The quantitative estimate of drug-likeness (QED) is 0.409. The summed E-state index contributed by atoms with van der Waals surface area (Å²) in [6.07, 6.45) is -4.71. The van der Waals surface area contributed by atoms with Gasteiger partial charge in [-0.25, -0.2) is 4.99 Å². The summed E-state index contributed by atoms with van der Waals surface area (Å²) in [6.45, 7) is 4.02. The molecule has 2 rings (SSSR count). The van der Waals surface area contributed by atoms with Crippen LogP contribution in [0.25, 0.3) is 0 Å². The first-order chi connectivity index (χ1) is 10.7. The minimum Gasteiger partial charge on any atom is -0.466 e. The lowest BCUT2D eigenvalue weighted by Gasteiger charge is -2.10. The summed E-state index contributed by atoms with van der Waals surface area (Å²) < 4.78 is 45.4. The standard InChI is InChI=1S/C15H16F3N3O2.HI/c1-9-7-11(10(2)22-9)8-20-14(19)21-12-3-5-13(6-4-12)23-15(16,17)18;/h3-7H,8H2,1-2H3,(H3,19,20,21);1H. The number of aliphatic imine (C=N–C) groups is 1. The molecule has 2 aromatic rings. The SMILES string of the molecule is Cc1cc(CN=C(N)Nc2ccc(OC(F)(F)F)cc2)c(C)o1.I. The minimum absolute atomic E-state index is 0. The van der Waals surface area contributed by atoms with E-state index in [1.54, 1.807) is 0 Å². The van der Waals surface area contributed by atoms with Crippen LogP contribution in [-0.4, -0.2) is 12.3 Å². The van der Waals surface area contributed by atoms with Crippen molar-refractivity contribution in [2.45, 2.75) is 26.8 Å². The number of anilines is 1. The van der Waals surface area contributed by atoms with Gasteiger partial charge in [0.2, 0.25) is 0 Å². The van der Waals surface area contributed by atoms with Crippen LogP contribution < -0.4 is 15.8 Å². The number of furan rings is 1. The topological polar surface area (TPSA) is 72.8 Å². The molecule has 0 aliphatic heterocycles. The van der Waals surface area contributed by atoms with E-state index in [2.05, 4.69) is 15.0 Å². The third-order valence-corrected chi connectivity index (χ3v) is 2.92. The van der Waals surface area contributed by atoms with Gasteiger partial charge in [-0.05, 0) is 44.2 Å². The monoisotopic (exact) mass is 455 g/mol. The number of guanidine groups is 1. The number of benzene rings is 1. The number of hydrogen-bond donors (Lipinski definition) is 2. The first kappa shape index (κ1) is 20.1. The van der Waals surface area contributed by atoms with Crippen molar-refractivity contribution < 1.29 is 22.3 Å². The van der Waals surface area contributed by atoms with Crippen molar-refractivity contribution in [2.24, 2.45) is 10.7 Å². The van der Waals surface area contributed by atoms with Crippen LogP contribution in [0.4, 0.5) is 18.9 Å². The van der Waals surface area contributed by atoms with E-state index in [9.17, 15) is 13.2 Å².